The van der Waals surface area contributed by atoms with E-state index in [1.165, 1.54) is 35.0 Å². The number of ether oxygens (including phenoxy) is 1. The fourth-order valence-electron chi connectivity index (χ4n) is 2.62. The van der Waals surface area contributed by atoms with E-state index >= 15 is 0 Å². The Morgan fingerprint density at radius 2 is 1.93 bits per heavy atom. The van der Waals surface area contributed by atoms with Gasteiger partial charge in [0, 0.05) is 11.1 Å². The summed E-state index contributed by atoms with van der Waals surface area (Å²) in [6.45, 7) is 0.977. The first-order valence-corrected chi connectivity index (χ1v) is 10.7. The van der Waals surface area contributed by atoms with Crippen LogP contribution in [0.15, 0.2) is 52.4 Å². The van der Waals surface area contributed by atoms with Gasteiger partial charge in [0.15, 0.2) is 5.82 Å². The van der Waals surface area contributed by atoms with Crippen LogP contribution in [0.25, 0.3) is 0 Å². The number of anilines is 2. The first-order chi connectivity index (χ1) is 12.9. The fraction of sp³-hybridized carbons (Fsp3) is 0.235. The summed E-state index contributed by atoms with van der Waals surface area (Å²) in [5.41, 5.74) is 0.446. The number of sulfonamides is 1. The van der Waals surface area contributed by atoms with Crippen LogP contribution in [0.1, 0.15) is 6.92 Å². The monoisotopic (exact) mass is 407 g/mol. The van der Waals surface area contributed by atoms with Crippen molar-refractivity contribution in [1.82, 2.24) is 9.29 Å². The summed E-state index contributed by atoms with van der Waals surface area (Å²) in [6, 6.07) is 8.95. The van der Waals surface area contributed by atoms with Gasteiger partial charge < -0.3 is 4.74 Å². The average molecular weight is 407 g/mol. The van der Waals surface area contributed by atoms with Gasteiger partial charge in [0.2, 0.25) is 0 Å². The molecule has 2 aromatic rings. The van der Waals surface area contributed by atoms with E-state index in [2.05, 4.69) is 4.98 Å². The van der Waals surface area contributed by atoms with Crippen LogP contribution in [0.2, 0.25) is 0 Å². The molecule has 2 amide bonds. The number of hydrogen-bond donors (Lipinski definition) is 0. The largest absolute Gasteiger partial charge is 0.465 e. The number of pyridine rings is 1. The summed E-state index contributed by atoms with van der Waals surface area (Å²) in [4.78, 5) is 31.0. The molecule has 27 heavy (non-hydrogen) atoms. The Labute approximate surface area is 161 Å². The maximum Gasteiger partial charge on any atom is 0.344 e. The summed E-state index contributed by atoms with van der Waals surface area (Å²) in [5, 5.41) is 0. The number of thioether (sulfide) groups is 1. The molecule has 1 aliphatic heterocycles. The number of urea groups is 1. The second kappa shape index (κ2) is 7.57. The molecule has 10 heteroatoms. The van der Waals surface area contributed by atoms with Gasteiger partial charge in [-0.1, -0.05) is 0 Å². The zero-order valence-corrected chi connectivity index (χ0v) is 16.3. The van der Waals surface area contributed by atoms with Gasteiger partial charge in [-0.05, 0) is 49.6 Å². The van der Waals surface area contributed by atoms with Crippen molar-refractivity contribution in [1.29, 1.82) is 0 Å². The quantitative estimate of drug-likeness (QED) is 0.555. The minimum Gasteiger partial charge on any atom is -0.465 e. The van der Waals surface area contributed by atoms with Gasteiger partial charge in [0.05, 0.1) is 12.3 Å². The van der Waals surface area contributed by atoms with Crippen LogP contribution >= 0.6 is 11.8 Å². The standard InChI is InChI=1S/C17H17N3O5S2/c1-3-25-15(21)11-19-17(22)20(12-6-8-13(26-2)9-7-12)16-14(27(19,23)24)5-4-10-18-16/h4-10H,3,11H2,1-2H3. The lowest BCUT2D eigenvalue weighted by Crippen LogP contribution is -2.51. The van der Waals surface area contributed by atoms with Crippen molar-refractivity contribution in [3.63, 3.8) is 0 Å². The first-order valence-electron chi connectivity index (χ1n) is 8.01. The van der Waals surface area contributed by atoms with Crippen molar-refractivity contribution in [3.05, 3.63) is 42.6 Å². The maximum absolute atomic E-state index is 13.0. The number of aromatic nitrogens is 1. The minimum absolute atomic E-state index is 0.000453. The van der Waals surface area contributed by atoms with Crippen LogP contribution in [0, 0.1) is 0 Å². The summed E-state index contributed by atoms with van der Waals surface area (Å²) in [7, 11) is -4.22. The average Bonchev–Trinajstić information content (AvgIpc) is 2.66. The number of fused-ring (bicyclic) bond motifs is 1. The summed E-state index contributed by atoms with van der Waals surface area (Å²) < 4.78 is 31.0. The second-order valence-electron chi connectivity index (χ2n) is 5.46. The number of rotatable bonds is 5. The zero-order valence-electron chi connectivity index (χ0n) is 14.7. The second-order valence-corrected chi connectivity index (χ2v) is 8.17. The number of carbonyl (C=O) groups excluding carboxylic acids is 2. The van der Waals surface area contributed by atoms with Gasteiger partial charge in [-0.2, -0.15) is 0 Å². The lowest BCUT2D eigenvalue weighted by molar-refractivity contribution is -0.142. The van der Waals surface area contributed by atoms with E-state index < -0.39 is 28.6 Å². The Hall–Kier alpha value is -2.59. The summed E-state index contributed by atoms with van der Waals surface area (Å²) >= 11 is 1.54. The van der Waals surface area contributed by atoms with Crippen LogP contribution in [-0.2, 0) is 19.6 Å². The van der Waals surface area contributed by atoms with Crippen molar-refractivity contribution in [3.8, 4) is 0 Å². The van der Waals surface area contributed by atoms with E-state index in [0.717, 1.165) is 4.90 Å². The molecule has 0 saturated heterocycles. The maximum atomic E-state index is 13.0. The Kier molecular flexibility index (Phi) is 5.38. The lowest BCUT2D eigenvalue weighted by Gasteiger charge is -2.34. The number of esters is 1. The number of benzene rings is 1. The van der Waals surface area contributed by atoms with E-state index in [1.807, 2.05) is 18.4 Å². The third-order valence-electron chi connectivity index (χ3n) is 3.84. The highest BCUT2D eigenvalue weighted by atomic mass is 32.2. The molecule has 0 radical (unpaired) electrons. The molecular weight excluding hydrogens is 390 g/mol. The number of amides is 2. The van der Waals surface area contributed by atoms with Crippen molar-refractivity contribution >= 4 is 45.3 Å². The Bertz CT molecular complexity index is 976. The topological polar surface area (TPSA) is 96.9 Å². The molecule has 1 aliphatic rings. The Balaban J connectivity index is 2.12. The Morgan fingerprint density at radius 1 is 1.22 bits per heavy atom. The van der Waals surface area contributed by atoms with Crippen LogP contribution in [0.3, 0.4) is 0 Å². The third-order valence-corrected chi connectivity index (χ3v) is 6.33. The van der Waals surface area contributed by atoms with Crippen molar-refractivity contribution in [2.24, 2.45) is 0 Å². The van der Waals surface area contributed by atoms with Crippen LogP contribution in [-0.4, -0.2) is 49.1 Å². The van der Waals surface area contributed by atoms with Gasteiger partial charge in [0.25, 0.3) is 10.0 Å². The predicted octanol–water partition coefficient (Wildman–Crippen LogP) is 2.63. The summed E-state index contributed by atoms with van der Waals surface area (Å²) in [5.74, 6) is -0.807. The number of nitrogens with zero attached hydrogens (tertiary/aromatic N) is 3. The number of hydrogen-bond acceptors (Lipinski definition) is 7. The SMILES string of the molecule is CCOC(=O)CN1C(=O)N(c2ccc(SC)cc2)c2ncccc2S1(=O)=O. The van der Waals surface area contributed by atoms with Gasteiger partial charge in [-0.15, -0.1) is 11.8 Å². The van der Waals surface area contributed by atoms with E-state index in [0.29, 0.717) is 9.99 Å². The van der Waals surface area contributed by atoms with E-state index in [1.54, 1.807) is 19.1 Å². The molecule has 142 valence electrons. The molecule has 2 heterocycles. The van der Waals surface area contributed by atoms with Crippen molar-refractivity contribution in [2.75, 3.05) is 24.3 Å². The minimum atomic E-state index is -4.22. The van der Waals surface area contributed by atoms with E-state index in [-0.39, 0.29) is 17.3 Å². The van der Waals surface area contributed by atoms with E-state index in [4.69, 9.17) is 4.74 Å². The molecule has 0 N–H and O–H groups in total. The highest BCUT2D eigenvalue weighted by molar-refractivity contribution is 7.98. The molecule has 0 fully saturated rings. The van der Waals surface area contributed by atoms with Gasteiger partial charge >= 0.3 is 12.0 Å². The van der Waals surface area contributed by atoms with Gasteiger partial charge in [-0.25, -0.2) is 27.4 Å². The molecule has 1 aromatic heterocycles. The zero-order chi connectivity index (χ0) is 19.6. The molecule has 0 atom stereocenters. The molecule has 0 bridgehead atoms. The van der Waals surface area contributed by atoms with Crippen molar-refractivity contribution < 1.29 is 22.7 Å². The lowest BCUT2D eigenvalue weighted by atomic mass is 10.3. The molecule has 1 aromatic carbocycles. The predicted molar refractivity (Wildman–Crippen MR) is 101 cm³/mol. The highest BCUT2D eigenvalue weighted by Gasteiger charge is 2.44. The van der Waals surface area contributed by atoms with Crippen LogP contribution < -0.4 is 4.90 Å². The Morgan fingerprint density at radius 3 is 2.56 bits per heavy atom. The van der Waals surface area contributed by atoms with Gasteiger partial charge in [0.1, 0.15) is 11.4 Å². The fourth-order valence-corrected chi connectivity index (χ4v) is 4.45. The smallest absolute Gasteiger partial charge is 0.344 e. The highest BCUT2D eigenvalue weighted by Crippen LogP contribution is 2.37. The van der Waals surface area contributed by atoms with Crippen LogP contribution in [0.5, 0.6) is 0 Å². The molecule has 0 spiro atoms. The van der Waals surface area contributed by atoms with Crippen LogP contribution in [0.4, 0.5) is 16.3 Å². The molecule has 0 aliphatic carbocycles. The molecular formula is C17H17N3O5S2. The molecule has 8 nitrogen and oxygen atoms in total. The third kappa shape index (κ3) is 3.50. The molecule has 3 rings (SSSR count). The number of carbonyl (C=O) groups is 2. The summed E-state index contributed by atoms with van der Waals surface area (Å²) in [6.07, 6.45) is 3.33. The first kappa shape index (κ1) is 19.2. The molecule has 0 saturated carbocycles. The normalized spacial score (nSPS) is 15.4. The van der Waals surface area contributed by atoms with E-state index in [9.17, 15) is 18.0 Å². The molecule has 0 unspecified atom stereocenters. The van der Waals surface area contributed by atoms with Crippen molar-refractivity contribution in [2.45, 2.75) is 16.7 Å². The van der Waals surface area contributed by atoms with Gasteiger partial charge in [-0.3, -0.25) is 4.79 Å².